The zero-order valence-corrected chi connectivity index (χ0v) is 13.2. The Morgan fingerprint density at radius 1 is 1.48 bits per heavy atom. The molecule has 3 rings (SSSR count). The van der Waals surface area contributed by atoms with Crippen molar-refractivity contribution >= 4 is 17.7 Å². The van der Waals surface area contributed by atoms with Gasteiger partial charge in [0.1, 0.15) is 6.04 Å². The van der Waals surface area contributed by atoms with Crippen LogP contribution in [0.1, 0.15) is 18.4 Å². The van der Waals surface area contributed by atoms with Gasteiger partial charge >= 0.3 is 5.97 Å². The summed E-state index contributed by atoms with van der Waals surface area (Å²) in [5.41, 5.74) is 1.43. The Hall–Kier alpha value is -1.04. The van der Waals surface area contributed by atoms with Crippen molar-refractivity contribution in [1.82, 2.24) is 10.2 Å². The average molecular weight is 306 g/mol. The van der Waals surface area contributed by atoms with E-state index in [0.717, 1.165) is 25.4 Å². The van der Waals surface area contributed by atoms with Crippen molar-refractivity contribution in [2.24, 2.45) is 0 Å². The molecule has 0 radical (unpaired) electrons. The van der Waals surface area contributed by atoms with E-state index < -0.39 is 0 Å². The molecule has 1 saturated heterocycles. The Labute approximate surface area is 130 Å². The number of hydrogen-bond donors (Lipinski definition) is 1. The topological polar surface area (TPSA) is 41.6 Å². The number of carbonyl (C=O) groups excluding carboxylic acids is 1. The van der Waals surface area contributed by atoms with E-state index in [9.17, 15) is 4.79 Å². The summed E-state index contributed by atoms with van der Waals surface area (Å²) in [7, 11) is 0. The van der Waals surface area contributed by atoms with Crippen LogP contribution in [0.4, 0.5) is 0 Å². The molecule has 0 aliphatic carbocycles. The number of rotatable bonds is 4. The predicted octanol–water partition coefficient (Wildman–Crippen LogP) is 1.71. The van der Waals surface area contributed by atoms with Crippen molar-refractivity contribution in [3.8, 4) is 0 Å². The fraction of sp³-hybridized carbons (Fsp3) is 0.562. The van der Waals surface area contributed by atoms with Gasteiger partial charge in [-0.05, 0) is 18.6 Å². The third kappa shape index (κ3) is 3.25. The summed E-state index contributed by atoms with van der Waals surface area (Å²) in [6.07, 6.45) is 0. The maximum Gasteiger partial charge on any atom is 0.324 e. The van der Waals surface area contributed by atoms with Crippen molar-refractivity contribution in [3.05, 3.63) is 29.8 Å². The fourth-order valence-electron chi connectivity index (χ4n) is 3.10. The Kier molecular flexibility index (Phi) is 4.83. The van der Waals surface area contributed by atoms with E-state index in [1.54, 1.807) is 0 Å². The molecule has 2 aliphatic heterocycles. The van der Waals surface area contributed by atoms with Gasteiger partial charge in [0.15, 0.2) is 0 Å². The normalized spacial score (nSPS) is 25.6. The summed E-state index contributed by atoms with van der Waals surface area (Å²) in [5, 5.41) is 3.30. The molecule has 0 aromatic heterocycles. The molecule has 2 aliphatic rings. The maximum absolute atomic E-state index is 12.1. The van der Waals surface area contributed by atoms with Crippen LogP contribution < -0.4 is 5.32 Å². The molecule has 1 fully saturated rings. The molecule has 1 N–H and O–H groups in total. The van der Waals surface area contributed by atoms with Gasteiger partial charge in [0.05, 0.1) is 6.61 Å². The highest BCUT2D eigenvalue weighted by Gasteiger charge is 2.33. The summed E-state index contributed by atoms with van der Waals surface area (Å²) in [5.74, 6) is 1.53. The molecule has 0 amide bonds. The SMILES string of the molecule is CCOC(=O)C1CNCCN1CC1CSc2ccccc21. The van der Waals surface area contributed by atoms with Crippen LogP contribution >= 0.6 is 11.8 Å². The number of carbonyl (C=O) groups is 1. The molecule has 2 atom stereocenters. The number of nitrogens with one attached hydrogen (secondary N) is 1. The van der Waals surface area contributed by atoms with Crippen LogP contribution in [0.3, 0.4) is 0 Å². The number of hydrogen-bond acceptors (Lipinski definition) is 5. The molecule has 5 heteroatoms. The third-order valence-electron chi connectivity index (χ3n) is 4.17. The van der Waals surface area contributed by atoms with Crippen molar-refractivity contribution in [2.45, 2.75) is 23.8 Å². The first-order chi connectivity index (χ1) is 10.3. The van der Waals surface area contributed by atoms with E-state index in [0.29, 0.717) is 19.1 Å². The Morgan fingerprint density at radius 3 is 3.19 bits per heavy atom. The quantitative estimate of drug-likeness (QED) is 0.858. The number of fused-ring (bicyclic) bond motifs is 1. The molecule has 0 saturated carbocycles. The standard InChI is InChI=1S/C16H22N2O2S/c1-2-20-16(19)14-9-17-7-8-18(14)10-12-11-21-15-6-4-3-5-13(12)15/h3-6,12,14,17H,2,7-11H2,1H3. The van der Waals surface area contributed by atoms with Crippen LogP contribution in [0.25, 0.3) is 0 Å². The highest BCUT2D eigenvalue weighted by molar-refractivity contribution is 7.99. The summed E-state index contributed by atoms with van der Waals surface area (Å²) >= 11 is 1.93. The first-order valence-corrected chi connectivity index (χ1v) is 8.61. The lowest BCUT2D eigenvalue weighted by Gasteiger charge is -2.36. The minimum Gasteiger partial charge on any atom is -0.465 e. The summed E-state index contributed by atoms with van der Waals surface area (Å²) in [4.78, 5) is 15.8. The summed E-state index contributed by atoms with van der Waals surface area (Å²) < 4.78 is 5.22. The van der Waals surface area contributed by atoms with Gasteiger partial charge in [0.2, 0.25) is 0 Å². The fourth-order valence-corrected chi connectivity index (χ4v) is 4.34. The second kappa shape index (κ2) is 6.81. The summed E-state index contributed by atoms with van der Waals surface area (Å²) in [6, 6.07) is 8.48. The summed E-state index contributed by atoms with van der Waals surface area (Å²) in [6.45, 7) is 5.80. The van der Waals surface area contributed by atoms with Crippen LogP contribution in [-0.4, -0.2) is 55.4 Å². The van der Waals surface area contributed by atoms with Gasteiger partial charge in [-0.15, -0.1) is 11.8 Å². The maximum atomic E-state index is 12.1. The minimum absolute atomic E-state index is 0.0939. The van der Waals surface area contributed by atoms with E-state index >= 15 is 0 Å². The molecule has 0 bridgehead atoms. The molecule has 4 nitrogen and oxygen atoms in total. The number of piperazine rings is 1. The molecular formula is C16H22N2O2S. The van der Waals surface area contributed by atoms with Crippen LogP contribution in [-0.2, 0) is 9.53 Å². The van der Waals surface area contributed by atoms with Crippen LogP contribution in [0.5, 0.6) is 0 Å². The van der Waals surface area contributed by atoms with Crippen molar-refractivity contribution in [1.29, 1.82) is 0 Å². The lowest BCUT2D eigenvalue weighted by Crippen LogP contribution is -2.56. The second-order valence-corrected chi connectivity index (χ2v) is 6.57. The van der Waals surface area contributed by atoms with Crippen molar-refractivity contribution in [3.63, 3.8) is 0 Å². The monoisotopic (exact) mass is 306 g/mol. The highest BCUT2D eigenvalue weighted by atomic mass is 32.2. The number of benzene rings is 1. The number of nitrogens with zero attached hydrogens (tertiary/aromatic N) is 1. The molecule has 1 aromatic carbocycles. The van der Waals surface area contributed by atoms with Gasteiger partial charge in [0.25, 0.3) is 0 Å². The Balaban J connectivity index is 1.69. The molecule has 2 heterocycles. The number of thioether (sulfide) groups is 1. The smallest absolute Gasteiger partial charge is 0.324 e. The van der Waals surface area contributed by atoms with Gasteiger partial charge in [-0.25, -0.2) is 0 Å². The molecule has 114 valence electrons. The van der Waals surface area contributed by atoms with Crippen LogP contribution in [0.2, 0.25) is 0 Å². The van der Waals surface area contributed by atoms with E-state index in [1.807, 2.05) is 18.7 Å². The van der Waals surface area contributed by atoms with E-state index in [2.05, 4.69) is 34.5 Å². The zero-order valence-electron chi connectivity index (χ0n) is 12.4. The molecule has 21 heavy (non-hydrogen) atoms. The van der Waals surface area contributed by atoms with E-state index in [-0.39, 0.29) is 12.0 Å². The third-order valence-corrected chi connectivity index (χ3v) is 5.42. The van der Waals surface area contributed by atoms with E-state index in [1.165, 1.54) is 10.5 Å². The Morgan fingerprint density at radius 2 is 2.33 bits per heavy atom. The lowest BCUT2D eigenvalue weighted by atomic mass is 9.99. The highest BCUT2D eigenvalue weighted by Crippen LogP contribution is 2.39. The molecular weight excluding hydrogens is 284 g/mol. The van der Waals surface area contributed by atoms with Gasteiger partial charge < -0.3 is 10.1 Å². The average Bonchev–Trinajstić information content (AvgIpc) is 2.91. The van der Waals surface area contributed by atoms with Gasteiger partial charge in [0, 0.05) is 42.7 Å². The largest absolute Gasteiger partial charge is 0.465 e. The second-order valence-electron chi connectivity index (χ2n) is 5.51. The molecule has 1 aromatic rings. The van der Waals surface area contributed by atoms with Crippen molar-refractivity contribution in [2.75, 3.05) is 38.5 Å². The van der Waals surface area contributed by atoms with Crippen LogP contribution in [0.15, 0.2) is 29.2 Å². The predicted molar refractivity (Wildman–Crippen MR) is 84.8 cm³/mol. The lowest BCUT2D eigenvalue weighted by molar-refractivity contribution is -0.150. The first-order valence-electron chi connectivity index (χ1n) is 7.62. The minimum atomic E-state index is -0.142. The Bertz CT molecular complexity index is 509. The van der Waals surface area contributed by atoms with Gasteiger partial charge in [-0.2, -0.15) is 0 Å². The van der Waals surface area contributed by atoms with Crippen LogP contribution in [0, 0.1) is 0 Å². The van der Waals surface area contributed by atoms with Gasteiger partial charge in [-0.1, -0.05) is 18.2 Å². The zero-order chi connectivity index (χ0) is 14.7. The number of esters is 1. The number of ether oxygens (including phenoxy) is 1. The first kappa shape index (κ1) is 14.9. The molecule has 2 unspecified atom stereocenters. The molecule has 0 spiro atoms. The van der Waals surface area contributed by atoms with Crippen molar-refractivity contribution < 1.29 is 9.53 Å². The van der Waals surface area contributed by atoms with E-state index in [4.69, 9.17) is 4.74 Å². The van der Waals surface area contributed by atoms with Gasteiger partial charge in [-0.3, -0.25) is 9.69 Å².